The molecule has 0 aromatic carbocycles. The molecule has 6 unspecified atom stereocenters. The molecule has 22 heteroatoms. The number of carbonyl (C=O) groups is 9. The monoisotopic (exact) mass is 726 g/mol. The second-order valence-electron chi connectivity index (χ2n) is 11.5. The molecule has 1 aromatic rings. The minimum absolute atomic E-state index is 0.0402. The number of hydrogen-bond donors (Lipinski definition) is 12. The van der Waals surface area contributed by atoms with E-state index in [0.717, 1.165) is 0 Å². The molecular formula is C29H46N10O12. The summed E-state index contributed by atoms with van der Waals surface area (Å²) in [6.45, 7) is 1.44. The SMILES string of the molecule is CC(NC(=O)C(Cc1cnc[nH]1)NC(=O)C(CCCCN)NC(=O)C(CC(N)=O)NC(=O)C(CCC(=O)O)NC(=O)C(N)CCC(=O)O)C(=O)O. The first-order chi connectivity index (χ1) is 23.9. The molecule has 0 bridgehead atoms. The molecule has 0 aliphatic heterocycles. The van der Waals surface area contributed by atoms with Crippen LogP contribution in [-0.2, 0) is 49.6 Å². The zero-order valence-electron chi connectivity index (χ0n) is 27.9. The van der Waals surface area contributed by atoms with Crippen molar-refractivity contribution in [3.8, 4) is 0 Å². The minimum atomic E-state index is -1.75. The van der Waals surface area contributed by atoms with Gasteiger partial charge >= 0.3 is 17.9 Å². The maximum Gasteiger partial charge on any atom is 0.325 e. The number of aromatic nitrogens is 2. The lowest BCUT2D eigenvalue weighted by molar-refractivity contribution is -0.142. The van der Waals surface area contributed by atoms with E-state index in [1.165, 1.54) is 19.4 Å². The van der Waals surface area contributed by atoms with Crippen molar-refractivity contribution in [3.05, 3.63) is 18.2 Å². The fourth-order valence-corrected chi connectivity index (χ4v) is 4.42. The van der Waals surface area contributed by atoms with E-state index in [1.807, 2.05) is 0 Å². The fourth-order valence-electron chi connectivity index (χ4n) is 4.42. The van der Waals surface area contributed by atoms with Crippen LogP contribution in [0.3, 0.4) is 0 Å². The van der Waals surface area contributed by atoms with Gasteiger partial charge in [-0.15, -0.1) is 0 Å². The van der Waals surface area contributed by atoms with E-state index in [4.69, 9.17) is 27.4 Å². The summed E-state index contributed by atoms with van der Waals surface area (Å²) in [6, 6.07) is -8.79. The Balaban J connectivity index is 3.27. The largest absolute Gasteiger partial charge is 0.481 e. The maximum atomic E-state index is 13.5. The Bertz CT molecular complexity index is 1390. The first-order valence-electron chi connectivity index (χ1n) is 15.8. The fraction of sp³-hybridized carbons (Fsp3) is 0.586. The van der Waals surface area contributed by atoms with Gasteiger partial charge in [-0.2, -0.15) is 0 Å². The number of carboxylic acid groups (broad SMARTS) is 3. The number of amides is 6. The highest BCUT2D eigenvalue weighted by Crippen LogP contribution is 2.08. The lowest BCUT2D eigenvalue weighted by Crippen LogP contribution is -2.60. The Morgan fingerprint density at radius 3 is 1.76 bits per heavy atom. The zero-order valence-corrected chi connectivity index (χ0v) is 27.9. The lowest BCUT2D eigenvalue weighted by atomic mass is 10.0. The summed E-state index contributed by atoms with van der Waals surface area (Å²) in [6.07, 6.45) is 0.500. The average molecular weight is 727 g/mol. The van der Waals surface area contributed by atoms with Gasteiger partial charge in [0.05, 0.1) is 18.8 Å². The van der Waals surface area contributed by atoms with E-state index in [0.29, 0.717) is 18.5 Å². The summed E-state index contributed by atoms with van der Waals surface area (Å²) in [4.78, 5) is 118. The van der Waals surface area contributed by atoms with Crippen LogP contribution in [0.1, 0.15) is 64.0 Å². The molecule has 51 heavy (non-hydrogen) atoms. The van der Waals surface area contributed by atoms with Crippen molar-refractivity contribution in [2.75, 3.05) is 6.54 Å². The van der Waals surface area contributed by atoms with Crippen LogP contribution in [0.25, 0.3) is 0 Å². The number of carboxylic acids is 3. The van der Waals surface area contributed by atoms with E-state index in [9.17, 15) is 48.3 Å². The van der Waals surface area contributed by atoms with Gasteiger partial charge in [0.2, 0.25) is 35.4 Å². The first-order valence-corrected chi connectivity index (χ1v) is 15.8. The van der Waals surface area contributed by atoms with Crippen LogP contribution in [0.4, 0.5) is 0 Å². The quantitative estimate of drug-likeness (QED) is 0.0423. The number of H-pyrrole nitrogens is 1. The molecule has 0 saturated heterocycles. The number of unbranched alkanes of at least 4 members (excludes halogenated alkanes) is 1. The predicted octanol–water partition coefficient (Wildman–Crippen LogP) is -4.46. The smallest absolute Gasteiger partial charge is 0.325 e. The standard InChI is InChI=1S/C29H46N10O12/c1-14(29(50)51)35-27(48)19(10-15-12-33-13-34-15)38-25(46)17(4-2-3-9-30)37-28(49)20(11-21(32)40)39-26(47)18(6-8-23(43)44)36-24(45)16(31)5-7-22(41)42/h12-14,16-20H,2-11,30-31H2,1H3,(H2,32,40)(H,33,34)(H,35,48)(H,36,45)(H,37,49)(H,38,46)(H,39,47)(H,41,42)(H,43,44)(H,50,51). The molecule has 6 amide bonds. The molecule has 0 saturated carbocycles. The van der Waals surface area contributed by atoms with Gasteiger partial charge < -0.3 is 64.1 Å². The Labute approximate surface area is 291 Å². The Hall–Kier alpha value is -5.64. The number of nitrogens with two attached hydrogens (primary N) is 3. The first kappa shape index (κ1) is 43.4. The number of nitrogens with one attached hydrogen (secondary N) is 6. The van der Waals surface area contributed by atoms with Gasteiger partial charge in [-0.05, 0) is 45.6 Å². The minimum Gasteiger partial charge on any atom is -0.481 e. The molecule has 0 spiro atoms. The molecule has 15 N–H and O–H groups in total. The number of rotatable bonds is 25. The van der Waals surface area contributed by atoms with Gasteiger partial charge in [-0.1, -0.05) is 0 Å². The molecule has 284 valence electrons. The zero-order chi connectivity index (χ0) is 38.7. The van der Waals surface area contributed by atoms with E-state index in [1.54, 1.807) is 0 Å². The van der Waals surface area contributed by atoms with Crippen molar-refractivity contribution in [2.45, 2.75) is 101 Å². The van der Waals surface area contributed by atoms with Crippen LogP contribution in [0.5, 0.6) is 0 Å². The highest BCUT2D eigenvalue weighted by molar-refractivity contribution is 5.98. The number of aromatic amines is 1. The summed E-state index contributed by atoms with van der Waals surface area (Å²) in [5.41, 5.74) is 17.0. The summed E-state index contributed by atoms with van der Waals surface area (Å²) in [7, 11) is 0. The van der Waals surface area contributed by atoms with Gasteiger partial charge in [0.25, 0.3) is 0 Å². The van der Waals surface area contributed by atoms with Crippen LogP contribution < -0.4 is 43.8 Å². The van der Waals surface area contributed by atoms with Crippen molar-refractivity contribution in [3.63, 3.8) is 0 Å². The third-order valence-electron chi connectivity index (χ3n) is 7.25. The molecule has 0 aliphatic carbocycles. The molecule has 1 rings (SSSR count). The summed E-state index contributed by atoms with van der Waals surface area (Å²) in [5, 5.41) is 38.8. The molecular weight excluding hydrogens is 680 g/mol. The number of primary amides is 1. The van der Waals surface area contributed by atoms with E-state index in [2.05, 4.69) is 36.6 Å². The normalized spacial score (nSPS) is 14.3. The third-order valence-corrected chi connectivity index (χ3v) is 7.25. The number of imidazole rings is 1. The molecule has 6 atom stereocenters. The van der Waals surface area contributed by atoms with Crippen LogP contribution in [0, 0.1) is 0 Å². The van der Waals surface area contributed by atoms with E-state index >= 15 is 0 Å². The van der Waals surface area contributed by atoms with Crippen LogP contribution >= 0.6 is 0 Å². The predicted molar refractivity (Wildman–Crippen MR) is 174 cm³/mol. The van der Waals surface area contributed by atoms with Gasteiger partial charge in [0.1, 0.15) is 30.2 Å². The number of hydrogen-bond acceptors (Lipinski definition) is 12. The van der Waals surface area contributed by atoms with Gasteiger partial charge in [0.15, 0.2) is 0 Å². The molecule has 1 aromatic heterocycles. The molecule has 0 radical (unpaired) electrons. The van der Waals surface area contributed by atoms with Gasteiger partial charge in [0, 0.05) is 31.2 Å². The van der Waals surface area contributed by atoms with Crippen LogP contribution in [0.2, 0.25) is 0 Å². The Morgan fingerprint density at radius 2 is 1.24 bits per heavy atom. The summed E-state index contributed by atoms with van der Waals surface area (Å²) in [5.74, 6) is -9.94. The molecule has 0 aliphatic rings. The van der Waals surface area contributed by atoms with Gasteiger partial charge in [-0.3, -0.25) is 43.2 Å². The third kappa shape index (κ3) is 17.0. The second-order valence-corrected chi connectivity index (χ2v) is 11.5. The topological polar surface area (TPSA) is 381 Å². The Kier molecular flexibility index (Phi) is 18.8. The van der Waals surface area contributed by atoms with E-state index < -0.39 is 115 Å². The number of nitrogens with zero attached hydrogens (tertiary/aromatic N) is 1. The Morgan fingerprint density at radius 1 is 0.725 bits per heavy atom. The van der Waals surface area contributed by atoms with Crippen molar-refractivity contribution in [2.24, 2.45) is 17.2 Å². The highest BCUT2D eigenvalue weighted by Gasteiger charge is 2.33. The molecule has 1 heterocycles. The second kappa shape index (κ2) is 22.2. The molecule has 22 nitrogen and oxygen atoms in total. The lowest BCUT2D eigenvalue weighted by Gasteiger charge is -2.26. The average Bonchev–Trinajstić information content (AvgIpc) is 3.56. The number of carbonyl (C=O) groups excluding carboxylic acids is 6. The highest BCUT2D eigenvalue weighted by atomic mass is 16.4. The van der Waals surface area contributed by atoms with Crippen molar-refractivity contribution < 1.29 is 58.5 Å². The van der Waals surface area contributed by atoms with E-state index in [-0.39, 0.29) is 25.8 Å². The van der Waals surface area contributed by atoms with Crippen LogP contribution in [0.15, 0.2) is 12.5 Å². The van der Waals surface area contributed by atoms with Crippen molar-refractivity contribution >= 4 is 53.4 Å². The van der Waals surface area contributed by atoms with Gasteiger partial charge in [-0.25, -0.2) is 4.98 Å². The summed E-state index contributed by atoms with van der Waals surface area (Å²) < 4.78 is 0. The summed E-state index contributed by atoms with van der Waals surface area (Å²) >= 11 is 0. The van der Waals surface area contributed by atoms with Crippen molar-refractivity contribution in [1.29, 1.82) is 0 Å². The number of aliphatic carboxylic acids is 3. The van der Waals surface area contributed by atoms with Crippen LogP contribution in [-0.4, -0.2) is 121 Å². The van der Waals surface area contributed by atoms with Crippen molar-refractivity contribution in [1.82, 2.24) is 36.6 Å². The maximum absolute atomic E-state index is 13.5. The molecule has 0 fully saturated rings.